The van der Waals surface area contributed by atoms with Gasteiger partial charge in [-0.3, -0.25) is 0 Å². The van der Waals surface area contributed by atoms with Crippen molar-refractivity contribution in [3.05, 3.63) is 42.7 Å². The van der Waals surface area contributed by atoms with Crippen LogP contribution in [0.25, 0.3) is 22.2 Å². The molecule has 1 aromatic heterocycles. The monoisotopic (exact) mass is 294 g/mol. The number of aromatic amines is 1. The van der Waals surface area contributed by atoms with Crippen LogP contribution in [0.3, 0.4) is 0 Å². The van der Waals surface area contributed by atoms with Gasteiger partial charge in [-0.1, -0.05) is 6.07 Å². The summed E-state index contributed by atoms with van der Waals surface area (Å²) in [4.78, 5) is 6.95. The molecule has 0 unspecified atom stereocenters. The van der Waals surface area contributed by atoms with E-state index in [9.17, 15) is 18.3 Å². The van der Waals surface area contributed by atoms with Crippen molar-refractivity contribution in [3.8, 4) is 22.6 Å². The normalized spacial score (nSPS) is 11.8. The quantitative estimate of drug-likeness (QED) is 0.755. The van der Waals surface area contributed by atoms with Crippen LogP contribution in [0.2, 0.25) is 0 Å². The fraction of sp³-hybridized carbons (Fsp3) is 0.0714. The average molecular weight is 294 g/mol. The Morgan fingerprint density at radius 1 is 1.10 bits per heavy atom. The van der Waals surface area contributed by atoms with Gasteiger partial charge in [0.05, 0.1) is 17.4 Å². The predicted octanol–water partition coefficient (Wildman–Crippen LogP) is 3.83. The second kappa shape index (κ2) is 4.69. The van der Waals surface area contributed by atoms with Crippen molar-refractivity contribution in [3.63, 3.8) is 0 Å². The lowest BCUT2D eigenvalue weighted by molar-refractivity contribution is -0.274. The molecule has 108 valence electrons. The molecule has 7 heteroatoms. The summed E-state index contributed by atoms with van der Waals surface area (Å²) >= 11 is 0. The molecule has 0 aliphatic carbocycles. The molecule has 21 heavy (non-hydrogen) atoms. The molecule has 3 rings (SSSR count). The predicted molar refractivity (Wildman–Crippen MR) is 69.9 cm³/mol. The molecule has 3 aromatic rings. The molecule has 1 heterocycles. The minimum Gasteiger partial charge on any atom is -0.507 e. The largest absolute Gasteiger partial charge is 0.573 e. The molecule has 4 nitrogen and oxygen atoms in total. The molecule has 0 radical (unpaired) electrons. The van der Waals surface area contributed by atoms with Crippen LogP contribution in [-0.4, -0.2) is 21.4 Å². The smallest absolute Gasteiger partial charge is 0.507 e. The summed E-state index contributed by atoms with van der Waals surface area (Å²) in [5, 5.41) is 9.85. The van der Waals surface area contributed by atoms with Crippen LogP contribution in [0.5, 0.6) is 11.5 Å². The zero-order valence-corrected chi connectivity index (χ0v) is 10.5. The molecule has 0 fully saturated rings. The molecule has 0 saturated carbocycles. The van der Waals surface area contributed by atoms with Gasteiger partial charge >= 0.3 is 6.36 Å². The van der Waals surface area contributed by atoms with E-state index in [-0.39, 0.29) is 17.1 Å². The minimum absolute atomic E-state index is 0.136. The van der Waals surface area contributed by atoms with Gasteiger partial charge in [0.1, 0.15) is 11.5 Å². The van der Waals surface area contributed by atoms with Crippen LogP contribution >= 0.6 is 0 Å². The molecule has 0 aliphatic rings. The fourth-order valence-electron chi connectivity index (χ4n) is 2.05. The zero-order valence-electron chi connectivity index (χ0n) is 10.5. The van der Waals surface area contributed by atoms with Crippen LogP contribution in [-0.2, 0) is 0 Å². The summed E-state index contributed by atoms with van der Waals surface area (Å²) in [6.07, 6.45) is -3.26. The van der Waals surface area contributed by atoms with Crippen molar-refractivity contribution in [1.29, 1.82) is 0 Å². The molecular formula is C14H9F3N2O2. The Bertz CT molecular complexity index is 796. The first kappa shape index (κ1) is 13.3. The van der Waals surface area contributed by atoms with E-state index < -0.39 is 6.36 Å². The van der Waals surface area contributed by atoms with Gasteiger partial charge in [-0.2, -0.15) is 0 Å². The Labute approximate surface area is 116 Å². The van der Waals surface area contributed by atoms with Crippen molar-refractivity contribution < 1.29 is 23.0 Å². The highest BCUT2D eigenvalue weighted by Gasteiger charge is 2.31. The van der Waals surface area contributed by atoms with E-state index in [2.05, 4.69) is 14.7 Å². The Hall–Kier alpha value is -2.70. The van der Waals surface area contributed by atoms with Crippen molar-refractivity contribution in [1.82, 2.24) is 9.97 Å². The summed E-state index contributed by atoms with van der Waals surface area (Å²) in [5.74, 6) is -0.525. The number of alkyl halides is 3. The summed E-state index contributed by atoms with van der Waals surface area (Å²) in [6.45, 7) is 0. The van der Waals surface area contributed by atoms with Gasteiger partial charge in [0.15, 0.2) is 0 Å². The number of hydrogen-bond donors (Lipinski definition) is 2. The van der Waals surface area contributed by atoms with Crippen molar-refractivity contribution in [2.24, 2.45) is 0 Å². The molecule has 0 atom stereocenters. The zero-order chi connectivity index (χ0) is 15.0. The van der Waals surface area contributed by atoms with Gasteiger partial charge in [-0.05, 0) is 35.9 Å². The van der Waals surface area contributed by atoms with Gasteiger partial charge in [-0.25, -0.2) is 4.98 Å². The van der Waals surface area contributed by atoms with Gasteiger partial charge < -0.3 is 14.8 Å². The molecule has 0 saturated heterocycles. The maximum atomic E-state index is 12.2. The Balaban J connectivity index is 2.05. The van der Waals surface area contributed by atoms with E-state index in [1.54, 1.807) is 18.2 Å². The number of ether oxygens (including phenoxy) is 1. The first-order valence-electron chi connectivity index (χ1n) is 5.95. The lowest BCUT2D eigenvalue weighted by Gasteiger charge is -2.11. The first-order valence-corrected chi connectivity index (χ1v) is 5.95. The van der Waals surface area contributed by atoms with Crippen LogP contribution in [0.4, 0.5) is 13.2 Å². The number of nitrogens with zero attached hydrogens (tertiary/aromatic N) is 1. The number of rotatable bonds is 2. The second-order valence-electron chi connectivity index (χ2n) is 4.36. The number of nitrogens with one attached hydrogen (secondary N) is 1. The van der Waals surface area contributed by atoms with E-state index in [1.807, 2.05) is 0 Å². The lowest BCUT2D eigenvalue weighted by atomic mass is 10.0. The van der Waals surface area contributed by atoms with E-state index in [1.165, 1.54) is 6.33 Å². The van der Waals surface area contributed by atoms with Crippen molar-refractivity contribution in [2.45, 2.75) is 6.36 Å². The van der Waals surface area contributed by atoms with E-state index >= 15 is 0 Å². The van der Waals surface area contributed by atoms with Crippen LogP contribution in [0, 0.1) is 0 Å². The van der Waals surface area contributed by atoms with E-state index in [0.717, 1.165) is 23.7 Å². The third kappa shape index (κ3) is 2.76. The number of benzene rings is 2. The fourth-order valence-corrected chi connectivity index (χ4v) is 2.05. The van der Waals surface area contributed by atoms with Crippen LogP contribution < -0.4 is 4.74 Å². The molecule has 0 aliphatic heterocycles. The summed E-state index contributed by atoms with van der Waals surface area (Å²) < 4.78 is 40.6. The Morgan fingerprint density at radius 2 is 1.90 bits per heavy atom. The van der Waals surface area contributed by atoms with Gasteiger partial charge in [0.25, 0.3) is 0 Å². The van der Waals surface area contributed by atoms with Crippen molar-refractivity contribution in [2.75, 3.05) is 0 Å². The topological polar surface area (TPSA) is 58.1 Å². The molecule has 0 bridgehead atoms. The van der Waals surface area contributed by atoms with Gasteiger partial charge in [0, 0.05) is 5.56 Å². The van der Waals surface area contributed by atoms with Gasteiger partial charge in [-0.15, -0.1) is 13.2 Å². The third-order valence-corrected chi connectivity index (χ3v) is 2.93. The third-order valence-electron chi connectivity index (χ3n) is 2.93. The highest BCUT2D eigenvalue weighted by Crippen LogP contribution is 2.35. The number of H-pyrrole nitrogens is 1. The van der Waals surface area contributed by atoms with Gasteiger partial charge in [0.2, 0.25) is 0 Å². The maximum Gasteiger partial charge on any atom is 0.573 e. The molecule has 2 N–H and O–H groups in total. The van der Waals surface area contributed by atoms with Crippen molar-refractivity contribution >= 4 is 11.0 Å². The van der Waals surface area contributed by atoms with E-state index in [4.69, 9.17) is 0 Å². The number of phenols is 1. The minimum atomic E-state index is -4.78. The van der Waals surface area contributed by atoms with Crippen LogP contribution in [0.1, 0.15) is 0 Å². The second-order valence-corrected chi connectivity index (χ2v) is 4.36. The number of halogens is 3. The Morgan fingerprint density at radius 3 is 2.67 bits per heavy atom. The Kier molecular flexibility index (Phi) is 2.97. The number of phenolic OH excluding ortho intramolecular Hbond substituents is 1. The number of hydrogen-bond acceptors (Lipinski definition) is 3. The summed E-state index contributed by atoms with van der Waals surface area (Å²) in [5.41, 5.74) is 2.24. The SMILES string of the molecule is Oc1ccc(OC(F)(F)F)cc1-c1ccc2nc[nH]c2c1. The molecule has 0 amide bonds. The highest BCUT2D eigenvalue weighted by atomic mass is 19.4. The summed E-state index contributed by atoms with van der Waals surface area (Å²) in [6, 6.07) is 8.41. The first-order chi connectivity index (χ1) is 9.92. The number of fused-ring (bicyclic) bond motifs is 1. The number of imidazole rings is 1. The average Bonchev–Trinajstić information content (AvgIpc) is 2.86. The highest BCUT2D eigenvalue weighted by molar-refractivity contribution is 5.83. The molecular weight excluding hydrogens is 285 g/mol. The number of aromatic hydroxyl groups is 1. The standard InChI is InChI=1S/C14H9F3N2O2/c15-14(16,17)21-9-2-4-13(20)10(6-9)8-1-3-11-12(5-8)19-7-18-11/h1-7,20H,(H,18,19). The number of aromatic nitrogens is 2. The maximum absolute atomic E-state index is 12.2. The molecule has 0 spiro atoms. The van der Waals surface area contributed by atoms with Crippen LogP contribution in [0.15, 0.2) is 42.7 Å². The van der Waals surface area contributed by atoms with E-state index in [0.29, 0.717) is 11.1 Å². The summed E-state index contributed by atoms with van der Waals surface area (Å²) in [7, 11) is 0. The molecule has 2 aromatic carbocycles. The lowest BCUT2D eigenvalue weighted by Crippen LogP contribution is -2.17.